The Kier molecular flexibility index (Phi) is 3.71. The van der Waals surface area contributed by atoms with Gasteiger partial charge in [0, 0.05) is 6.61 Å². The van der Waals surface area contributed by atoms with E-state index in [0.29, 0.717) is 19.1 Å². The van der Waals surface area contributed by atoms with Gasteiger partial charge in [-0.25, -0.2) is 0 Å². The van der Waals surface area contributed by atoms with E-state index in [4.69, 9.17) is 4.74 Å². The van der Waals surface area contributed by atoms with Crippen LogP contribution in [0.15, 0.2) is 0 Å². The zero-order valence-corrected chi connectivity index (χ0v) is 12.3. The molecular formula is C15H24N2O3. The second-order valence-corrected chi connectivity index (χ2v) is 6.42. The second-order valence-electron chi connectivity index (χ2n) is 6.42. The van der Waals surface area contributed by atoms with Crippen LogP contribution in [0.4, 0.5) is 0 Å². The molecule has 20 heavy (non-hydrogen) atoms. The summed E-state index contributed by atoms with van der Waals surface area (Å²) in [5.74, 6) is 0.685. The first-order chi connectivity index (χ1) is 9.63. The van der Waals surface area contributed by atoms with E-state index in [0.717, 1.165) is 25.7 Å². The Hall–Kier alpha value is -1.10. The van der Waals surface area contributed by atoms with Crippen molar-refractivity contribution in [1.82, 2.24) is 10.2 Å². The van der Waals surface area contributed by atoms with Crippen molar-refractivity contribution in [1.29, 1.82) is 0 Å². The summed E-state index contributed by atoms with van der Waals surface area (Å²) in [7, 11) is 0. The molecule has 0 radical (unpaired) electrons. The molecule has 5 heteroatoms. The summed E-state index contributed by atoms with van der Waals surface area (Å²) < 4.78 is 5.44. The minimum absolute atomic E-state index is 0.0303. The minimum Gasteiger partial charge on any atom is -0.379 e. The maximum absolute atomic E-state index is 12.8. The van der Waals surface area contributed by atoms with Crippen molar-refractivity contribution in [3.63, 3.8) is 0 Å². The topological polar surface area (TPSA) is 58.6 Å². The summed E-state index contributed by atoms with van der Waals surface area (Å²) in [4.78, 5) is 27.2. The molecule has 0 aromatic rings. The highest BCUT2D eigenvalue weighted by Crippen LogP contribution is 2.37. The van der Waals surface area contributed by atoms with Gasteiger partial charge in [-0.15, -0.1) is 0 Å². The standard InChI is InChI=1S/C15H24N2O3/c1-3-9(2)13-14(18)16-12(10-4-5-10)15(19)17(13)11-6-7-20-8-11/h9-13H,3-8H2,1-2H3,(H,16,18). The summed E-state index contributed by atoms with van der Waals surface area (Å²) in [6.07, 6.45) is 3.85. The molecule has 0 spiro atoms. The van der Waals surface area contributed by atoms with Crippen molar-refractivity contribution in [2.45, 2.75) is 57.7 Å². The zero-order chi connectivity index (χ0) is 14.3. The van der Waals surface area contributed by atoms with E-state index in [9.17, 15) is 9.59 Å². The van der Waals surface area contributed by atoms with E-state index >= 15 is 0 Å². The SMILES string of the molecule is CCC(C)C1C(=O)NC(C2CC2)C(=O)N1C1CCOC1. The second kappa shape index (κ2) is 5.35. The highest BCUT2D eigenvalue weighted by molar-refractivity contribution is 5.97. The number of rotatable bonds is 4. The van der Waals surface area contributed by atoms with Crippen LogP contribution < -0.4 is 5.32 Å². The number of nitrogens with one attached hydrogen (secondary N) is 1. The van der Waals surface area contributed by atoms with Crippen LogP contribution in [0.2, 0.25) is 0 Å². The lowest BCUT2D eigenvalue weighted by atomic mass is 9.90. The quantitative estimate of drug-likeness (QED) is 0.833. The van der Waals surface area contributed by atoms with E-state index in [-0.39, 0.29) is 35.9 Å². The third kappa shape index (κ3) is 2.32. The molecule has 4 atom stereocenters. The van der Waals surface area contributed by atoms with E-state index < -0.39 is 0 Å². The van der Waals surface area contributed by atoms with Gasteiger partial charge >= 0.3 is 0 Å². The van der Waals surface area contributed by atoms with Crippen molar-refractivity contribution in [2.75, 3.05) is 13.2 Å². The molecule has 4 unspecified atom stereocenters. The monoisotopic (exact) mass is 280 g/mol. The fraction of sp³-hybridized carbons (Fsp3) is 0.867. The van der Waals surface area contributed by atoms with Gasteiger partial charge in [0.2, 0.25) is 11.8 Å². The third-order valence-corrected chi connectivity index (χ3v) is 4.96. The predicted molar refractivity (Wildman–Crippen MR) is 74.0 cm³/mol. The van der Waals surface area contributed by atoms with Crippen molar-refractivity contribution in [2.24, 2.45) is 11.8 Å². The Balaban J connectivity index is 1.87. The number of nitrogens with zero attached hydrogens (tertiary/aromatic N) is 1. The number of carbonyl (C=O) groups is 2. The normalized spacial score (nSPS) is 36.1. The Bertz CT molecular complexity index is 402. The van der Waals surface area contributed by atoms with Gasteiger partial charge in [0.15, 0.2) is 0 Å². The van der Waals surface area contributed by atoms with Crippen LogP contribution in [0, 0.1) is 11.8 Å². The van der Waals surface area contributed by atoms with Crippen LogP contribution in [-0.2, 0) is 14.3 Å². The number of carbonyl (C=O) groups excluding carboxylic acids is 2. The molecule has 0 aromatic carbocycles. The van der Waals surface area contributed by atoms with Crippen molar-refractivity contribution >= 4 is 11.8 Å². The lowest BCUT2D eigenvalue weighted by Gasteiger charge is -2.44. The van der Waals surface area contributed by atoms with E-state index in [1.54, 1.807) is 0 Å². The molecule has 1 aliphatic carbocycles. The molecule has 2 aliphatic heterocycles. The van der Waals surface area contributed by atoms with Gasteiger partial charge < -0.3 is 15.0 Å². The zero-order valence-electron chi connectivity index (χ0n) is 12.3. The average molecular weight is 280 g/mol. The molecule has 5 nitrogen and oxygen atoms in total. The van der Waals surface area contributed by atoms with Gasteiger partial charge in [-0.05, 0) is 31.1 Å². The Morgan fingerprint density at radius 2 is 2.10 bits per heavy atom. The summed E-state index contributed by atoms with van der Waals surface area (Å²) >= 11 is 0. The van der Waals surface area contributed by atoms with Crippen molar-refractivity contribution in [3.8, 4) is 0 Å². The molecule has 1 N–H and O–H groups in total. The van der Waals surface area contributed by atoms with Gasteiger partial charge in [0.1, 0.15) is 12.1 Å². The molecule has 3 rings (SSSR count). The van der Waals surface area contributed by atoms with Crippen LogP contribution in [-0.4, -0.2) is 48.1 Å². The van der Waals surface area contributed by atoms with Crippen LogP contribution in [0.25, 0.3) is 0 Å². The molecule has 112 valence electrons. The van der Waals surface area contributed by atoms with Gasteiger partial charge in [-0.2, -0.15) is 0 Å². The fourth-order valence-electron chi connectivity index (χ4n) is 3.38. The molecular weight excluding hydrogens is 256 g/mol. The Morgan fingerprint density at radius 1 is 1.35 bits per heavy atom. The number of hydrogen-bond acceptors (Lipinski definition) is 3. The summed E-state index contributed by atoms with van der Waals surface area (Å²) in [6.45, 7) is 5.39. The Morgan fingerprint density at radius 3 is 2.65 bits per heavy atom. The summed E-state index contributed by atoms with van der Waals surface area (Å²) in [5, 5.41) is 2.98. The lowest BCUT2D eigenvalue weighted by Crippen LogP contribution is -2.68. The van der Waals surface area contributed by atoms with E-state index in [2.05, 4.69) is 19.2 Å². The van der Waals surface area contributed by atoms with Gasteiger partial charge in [0.05, 0.1) is 12.6 Å². The molecule has 3 fully saturated rings. The maximum atomic E-state index is 12.8. The number of piperazine rings is 1. The first-order valence-electron chi connectivity index (χ1n) is 7.83. The molecule has 2 amide bonds. The van der Waals surface area contributed by atoms with E-state index in [1.807, 2.05) is 4.90 Å². The van der Waals surface area contributed by atoms with Crippen LogP contribution in [0.1, 0.15) is 39.5 Å². The molecule has 0 bridgehead atoms. The molecule has 2 heterocycles. The van der Waals surface area contributed by atoms with Crippen LogP contribution in [0.3, 0.4) is 0 Å². The van der Waals surface area contributed by atoms with Crippen LogP contribution in [0.5, 0.6) is 0 Å². The van der Waals surface area contributed by atoms with Gasteiger partial charge in [0.25, 0.3) is 0 Å². The Labute approximate surface area is 120 Å². The van der Waals surface area contributed by atoms with Crippen molar-refractivity contribution < 1.29 is 14.3 Å². The van der Waals surface area contributed by atoms with Crippen LogP contribution >= 0.6 is 0 Å². The number of amides is 2. The number of ether oxygens (including phenoxy) is 1. The first kappa shape index (κ1) is 13.9. The molecule has 3 aliphatic rings. The van der Waals surface area contributed by atoms with Gasteiger partial charge in [-0.1, -0.05) is 20.3 Å². The summed E-state index contributed by atoms with van der Waals surface area (Å²) in [5.41, 5.74) is 0. The van der Waals surface area contributed by atoms with E-state index in [1.165, 1.54) is 0 Å². The highest BCUT2D eigenvalue weighted by atomic mass is 16.5. The molecule has 1 saturated carbocycles. The minimum atomic E-state index is -0.325. The summed E-state index contributed by atoms with van der Waals surface area (Å²) in [6, 6.07) is -0.536. The lowest BCUT2D eigenvalue weighted by molar-refractivity contribution is -0.155. The average Bonchev–Trinajstić information content (AvgIpc) is 3.14. The fourth-order valence-corrected chi connectivity index (χ4v) is 3.38. The predicted octanol–water partition coefficient (Wildman–Crippen LogP) is 0.927. The molecule has 0 aromatic heterocycles. The number of hydrogen-bond donors (Lipinski definition) is 1. The molecule has 2 saturated heterocycles. The highest BCUT2D eigenvalue weighted by Gasteiger charge is 2.50. The van der Waals surface area contributed by atoms with Crippen molar-refractivity contribution in [3.05, 3.63) is 0 Å². The maximum Gasteiger partial charge on any atom is 0.246 e. The largest absolute Gasteiger partial charge is 0.379 e. The first-order valence-corrected chi connectivity index (χ1v) is 7.83. The van der Waals surface area contributed by atoms with Gasteiger partial charge in [-0.3, -0.25) is 9.59 Å². The smallest absolute Gasteiger partial charge is 0.246 e. The third-order valence-electron chi connectivity index (χ3n) is 4.96.